The minimum atomic E-state index is -0.749. The van der Waals surface area contributed by atoms with Gasteiger partial charge in [-0.25, -0.2) is 13.8 Å². The van der Waals surface area contributed by atoms with Crippen molar-refractivity contribution in [3.63, 3.8) is 0 Å². The van der Waals surface area contributed by atoms with Gasteiger partial charge in [-0.2, -0.15) is 5.10 Å². The molecule has 5 aromatic rings. The molecule has 3 aromatic carbocycles. The standard InChI is InChI=1S/C27H22F2N4OS/c1-17-14-18(2)33(31-17)13-12-32(27-30-25-23(29)15-22(28)16-24(25)35-27)26(34)21-10-8-20(9-11-21)19-6-4-3-5-7-19/h3-11,14-16H,12-13H2,1-2H3. The molecule has 2 aromatic heterocycles. The molecule has 0 fully saturated rings. The van der Waals surface area contributed by atoms with Gasteiger partial charge in [0.1, 0.15) is 11.3 Å². The fourth-order valence-electron chi connectivity index (χ4n) is 4.03. The topological polar surface area (TPSA) is 51.0 Å². The van der Waals surface area contributed by atoms with Gasteiger partial charge in [0.25, 0.3) is 5.91 Å². The molecule has 0 aliphatic carbocycles. The Morgan fingerprint density at radius 3 is 2.37 bits per heavy atom. The number of amides is 1. The van der Waals surface area contributed by atoms with Crippen LogP contribution in [-0.2, 0) is 6.54 Å². The van der Waals surface area contributed by atoms with Gasteiger partial charge in [0.15, 0.2) is 10.9 Å². The van der Waals surface area contributed by atoms with Crippen molar-refractivity contribution in [1.82, 2.24) is 14.8 Å². The van der Waals surface area contributed by atoms with Crippen LogP contribution in [0, 0.1) is 25.5 Å². The molecule has 0 unspecified atom stereocenters. The molecule has 0 bridgehead atoms. The zero-order valence-electron chi connectivity index (χ0n) is 19.2. The van der Waals surface area contributed by atoms with Crippen LogP contribution in [0.5, 0.6) is 0 Å². The van der Waals surface area contributed by atoms with E-state index < -0.39 is 11.6 Å². The van der Waals surface area contributed by atoms with Crippen molar-refractivity contribution in [3.05, 3.63) is 101 Å². The molecule has 176 valence electrons. The normalized spacial score (nSPS) is 11.2. The summed E-state index contributed by atoms with van der Waals surface area (Å²) in [6, 6.07) is 21.2. The first-order valence-corrected chi connectivity index (χ1v) is 11.9. The molecular weight excluding hydrogens is 466 g/mol. The zero-order valence-corrected chi connectivity index (χ0v) is 20.0. The molecule has 5 rings (SSSR count). The minimum Gasteiger partial charge on any atom is -0.282 e. The van der Waals surface area contributed by atoms with E-state index in [0.717, 1.165) is 39.9 Å². The summed E-state index contributed by atoms with van der Waals surface area (Å²) in [5, 5.41) is 4.78. The Labute approximate surface area is 205 Å². The van der Waals surface area contributed by atoms with E-state index in [2.05, 4.69) is 10.1 Å². The van der Waals surface area contributed by atoms with Crippen molar-refractivity contribution >= 4 is 32.6 Å². The van der Waals surface area contributed by atoms with Crippen molar-refractivity contribution in [3.8, 4) is 11.1 Å². The molecule has 0 N–H and O–H groups in total. The van der Waals surface area contributed by atoms with Crippen LogP contribution in [0.2, 0.25) is 0 Å². The van der Waals surface area contributed by atoms with E-state index in [1.165, 1.54) is 11.0 Å². The van der Waals surface area contributed by atoms with Crippen LogP contribution >= 0.6 is 11.3 Å². The predicted octanol–water partition coefficient (Wildman–Crippen LogP) is 6.40. The molecule has 0 saturated heterocycles. The first kappa shape index (κ1) is 22.9. The third-order valence-electron chi connectivity index (χ3n) is 5.76. The molecule has 0 spiro atoms. The number of hydrogen-bond acceptors (Lipinski definition) is 4. The number of carbonyl (C=O) groups is 1. The third-order valence-corrected chi connectivity index (χ3v) is 6.78. The number of halogens is 2. The van der Waals surface area contributed by atoms with Crippen molar-refractivity contribution in [1.29, 1.82) is 0 Å². The Hall–Kier alpha value is -3.91. The quantitative estimate of drug-likeness (QED) is 0.278. The maximum absolute atomic E-state index is 14.3. The number of carbonyl (C=O) groups excluding carboxylic acids is 1. The zero-order chi connectivity index (χ0) is 24.5. The Bertz CT molecular complexity index is 1510. The van der Waals surface area contributed by atoms with Gasteiger partial charge >= 0.3 is 0 Å². The van der Waals surface area contributed by atoms with Crippen LogP contribution in [0.15, 0.2) is 72.8 Å². The Morgan fingerprint density at radius 2 is 1.69 bits per heavy atom. The summed E-state index contributed by atoms with van der Waals surface area (Å²) in [6.07, 6.45) is 0. The lowest BCUT2D eigenvalue weighted by Gasteiger charge is -2.20. The lowest BCUT2D eigenvalue weighted by molar-refractivity contribution is 0.0985. The van der Waals surface area contributed by atoms with Crippen LogP contribution in [0.25, 0.3) is 21.3 Å². The van der Waals surface area contributed by atoms with Gasteiger partial charge < -0.3 is 0 Å². The summed E-state index contributed by atoms with van der Waals surface area (Å²) in [5.74, 6) is -1.70. The lowest BCUT2D eigenvalue weighted by atomic mass is 10.0. The molecule has 0 saturated carbocycles. The van der Waals surface area contributed by atoms with E-state index in [1.807, 2.05) is 67.1 Å². The number of thiazole rings is 1. The average molecular weight is 489 g/mol. The monoisotopic (exact) mass is 488 g/mol. The second kappa shape index (κ2) is 9.38. The summed E-state index contributed by atoms with van der Waals surface area (Å²) < 4.78 is 30.3. The van der Waals surface area contributed by atoms with Gasteiger partial charge in [-0.3, -0.25) is 14.4 Å². The molecule has 0 aliphatic heterocycles. The number of hydrogen-bond donors (Lipinski definition) is 0. The fourth-order valence-corrected chi connectivity index (χ4v) is 5.06. The van der Waals surface area contributed by atoms with E-state index in [4.69, 9.17) is 0 Å². The summed E-state index contributed by atoms with van der Waals surface area (Å²) in [5.41, 5.74) is 4.43. The second-order valence-electron chi connectivity index (χ2n) is 8.28. The summed E-state index contributed by atoms with van der Waals surface area (Å²) in [4.78, 5) is 19.5. The SMILES string of the molecule is Cc1cc(C)n(CCN(C(=O)c2ccc(-c3ccccc3)cc2)c2nc3c(F)cc(F)cc3s2)n1. The van der Waals surface area contributed by atoms with Gasteiger partial charge in [-0.15, -0.1) is 0 Å². The van der Waals surface area contributed by atoms with E-state index in [1.54, 1.807) is 12.1 Å². The lowest BCUT2D eigenvalue weighted by Crippen LogP contribution is -2.34. The Morgan fingerprint density at radius 1 is 0.971 bits per heavy atom. The molecule has 8 heteroatoms. The van der Waals surface area contributed by atoms with Crippen LogP contribution in [0.1, 0.15) is 21.7 Å². The molecular formula is C27H22F2N4OS. The van der Waals surface area contributed by atoms with Crippen molar-refractivity contribution < 1.29 is 13.6 Å². The van der Waals surface area contributed by atoms with Crippen LogP contribution in [0.4, 0.5) is 13.9 Å². The maximum Gasteiger partial charge on any atom is 0.260 e. The largest absolute Gasteiger partial charge is 0.282 e. The first-order valence-electron chi connectivity index (χ1n) is 11.1. The van der Waals surface area contributed by atoms with Crippen LogP contribution in [0.3, 0.4) is 0 Å². The number of fused-ring (bicyclic) bond motifs is 1. The summed E-state index contributed by atoms with van der Waals surface area (Å²) in [7, 11) is 0. The van der Waals surface area contributed by atoms with Crippen LogP contribution in [-0.4, -0.2) is 27.2 Å². The number of anilines is 1. The second-order valence-corrected chi connectivity index (χ2v) is 9.29. The third kappa shape index (κ3) is 4.70. The van der Waals surface area contributed by atoms with E-state index >= 15 is 0 Å². The molecule has 0 atom stereocenters. The highest BCUT2D eigenvalue weighted by Gasteiger charge is 2.23. The highest BCUT2D eigenvalue weighted by atomic mass is 32.1. The summed E-state index contributed by atoms with van der Waals surface area (Å²) >= 11 is 1.09. The van der Waals surface area contributed by atoms with E-state index in [-0.39, 0.29) is 18.0 Å². The molecule has 35 heavy (non-hydrogen) atoms. The molecule has 1 amide bonds. The number of rotatable bonds is 6. The molecule has 5 nitrogen and oxygen atoms in total. The minimum absolute atomic E-state index is 0.0507. The van der Waals surface area contributed by atoms with Gasteiger partial charge in [-0.1, -0.05) is 53.8 Å². The van der Waals surface area contributed by atoms with Gasteiger partial charge in [-0.05, 0) is 49.2 Å². The Balaban J connectivity index is 1.49. The van der Waals surface area contributed by atoms with Crippen molar-refractivity contribution in [2.24, 2.45) is 0 Å². The number of nitrogens with zero attached hydrogens (tertiary/aromatic N) is 4. The van der Waals surface area contributed by atoms with Crippen LogP contribution < -0.4 is 4.90 Å². The number of benzene rings is 3. The first-order chi connectivity index (χ1) is 16.9. The Kier molecular flexibility index (Phi) is 6.13. The van der Waals surface area contributed by atoms with Crippen molar-refractivity contribution in [2.45, 2.75) is 20.4 Å². The molecule has 0 radical (unpaired) electrons. The fraction of sp³-hybridized carbons (Fsp3) is 0.148. The maximum atomic E-state index is 14.3. The van der Waals surface area contributed by atoms with E-state index in [9.17, 15) is 13.6 Å². The number of aryl methyl sites for hydroxylation is 2. The van der Waals surface area contributed by atoms with Gasteiger partial charge in [0.05, 0.1) is 16.9 Å². The predicted molar refractivity (Wildman–Crippen MR) is 135 cm³/mol. The summed E-state index contributed by atoms with van der Waals surface area (Å²) in [6.45, 7) is 4.56. The van der Waals surface area contributed by atoms with Crippen molar-refractivity contribution in [2.75, 3.05) is 11.4 Å². The van der Waals surface area contributed by atoms with Gasteiger partial charge in [0.2, 0.25) is 0 Å². The van der Waals surface area contributed by atoms with E-state index in [0.29, 0.717) is 21.9 Å². The molecule has 2 heterocycles. The molecule has 0 aliphatic rings. The average Bonchev–Trinajstić information content (AvgIpc) is 3.42. The highest BCUT2D eigenvalue weighted by Crippen LogP contribution is 2.32. The highest BCUT2D eigenvalue weighted by molar-refractivity contribution is 7.22. The smallest absolute Gasteiger partial charge is 0.260 e. The van der Waals surface area contributed by atoms with Gasteiger partial charge in [0, 0.05) is 23.9 Å². The number of aromatic nitrogens is 3.